The summed E-state index contributed by atoms with van der Waals surface area (Å²) < 4.78 is 5.62. The first-order valence-corrected chi connectivity index (χ1v) is 9.55. The summed E-state index contributed by atoms with van der Waals surface area (Å²) in [6, 6.07) is 14.1. The number of nitrogens with zero attached hydrogens (tertiary/aromatic N) is 1. The van der Waals surface area contributed by atoms with E-state index in [0.29, 0.717) is 36.8 Å². The van der Waals surface area contributed by atoms with Gasteiger partial charge in [0.2, 0.25) is 0 Å². The Balaban J connectivity index is 1.31. The van der Waals surface area contributed by atoms with E-state index in [4.69, 9.17) is 16.3 Å². The van der Waals surface area contributed by atoms with Crippen LogP contribution in [0, 0.1) is 0 Å². The second-order valence-electron chi connectivity index (χ2n) is 6.71. The van der Waals surface area contributed by atoms with Gasteiger partial charge in [-0.25, -0.2) is 4.79 Å². The van der Waals surface area contributed by atoms with E-state index in [-0.39, 0.29) is 11.9 Å². The summed E-state index contributed by atoms with van der Waals surface area (Å²) in [7, 11) is 0. The summed E-state index contributed by atoms with van der Waals surface area (Å²) in [5.41, 5.74) is 2.03. The molecule has 1 aliphatic rings. The lowest BCUT2D eigenvalue weighted by atomic mass is 10.1. The fourth-order valence-electron chi connectivity index (χ4n) is 3.39. The lowest BCUT2D eigenvalue weighted by Crippen LogP contribution is -2.33. The molecule has 144 valence electrons. The molecule has 2 aromatic carbocycles. The van der Waals surface area contributed by atoms with Crippen molar-refractivity contribution in [3.63, 3.8) is 0 Å². The van der Waals surface area contributed by atoms with Crippen LogP contribution in [0.3, 0.4) is 0 Å². The van der Waals surface area contributed by atoms with Gasteiger partial charge < -0.3 is 15.0 Å². The first kappa shape index (κ1) is 18.4. The number of carbonyl (C=O) groups excluding carboxylic acids is 2. The number of amides is 3. The molecule has 2 N–H and O–H groups in total. The number of hydrogen-bond donors (Lipinski definition) is 2. The molecule has 4 rings (SSSR count). The number of carbonyl (C=O) groups is 2. The molecule has 3 aromatic rings. The molecule has 28 heavy (non-hydrogen) atoms. The third-order valence-electron chi connectivity index (χ3n) is 4.81. The van der Waals surface area contributed by atoms with E-state index in [9.17, 15) is 9.59 Å². The smallest absolute Gasteiger partial charge is 0.324 e. The fourth-order valence-corrected chi connectivity index (χ4v) is 3.52. The van der Waals surface area contributed by atoms with Crippen molar-refractivity contribution in [3.8, 4) is 5.75 Å². The van der Waals surface area contributed by atoms with Crippen LogP contribution in [0.2, 0.25) is 5.02 Å². The van der Waals surface area contributed by atoms with Gasteiger partial charge in [-0.15, -0.1) is 0 Å². The zero-order valence-corrected chi connectivity index (χ0v) is 15.9. The van der Waals surface area contributed by atoms with Crippen molar-refractivity contribution in [2.45, 2.75) is 18.9 Å². The van der Waals surface area contributed by atoms with Crippen LogP contribution in [0.5, 0.6) is 5.75 Å². The largest absolute Gasteiger partial charge is 0.494 e. The van der Waals surface area contributed by atoms with Crippen LogP contribution in [0.4, 0.5) is 4.79 Å². The number of rotatable bonds is 7. The number of fused-ring (bicyclic) bond motifs is 1. The van der Waals surface area contributed by atoms with E-state index in [1.54, 1.807) is 24.3 Å². The number of imide groups is 1. The Morgan fingerprint density at radius 1 is 1.07 bits per heavy atom. The maximum atomic E-state index is 12.7. The third-order valence-corrected chi connectivity index (χ3v) is 5.07. The quantitative estimate of drug-likeness (QED) is 0.471. The van der Waals surface area contributed by atoms with Crippen molar-refractivity contribution in [2.75, 3.05) is 13.2 Å². The van der Waals surface area contributed by atoms with Crippen molar-refractivity contribution in [1.29, 1.82) is 0 Å². The molecule has 7 heteroatoms. The topological polar surface area (TPSA) is 74.4 Å². The Labute approximate surface area is 167 Å². The predicted molar refractivity (Wildman–Crippen MR) is 108 cm³/mol. The first-order chi connectivity index (χ1) is 13.6. The third kappa shape index (κ3) is 3.82. The van der Waals surface area contributed by atoms with Gasteiger partial charge in [0.1, 0.15) is 11.8 Å². The highest BCUT2D eigenvalue weighted by atomic mass is 35.5. The zero-order valence-electron chi connectivity index (χ0n) is 15.2. The second-order valence-corrected chi connectivity index (χ2v) is 7.15. The summed E-state index contributed by atoms with van der Waals surface area (Å²) in [6.45, 7) is 0.731. The van der Waals surface area contributed by atoms with Crippen molar-refractivity contribution >= 4 is 34.4 Å². The number of ether oxygens (including phenoxy) is 1. The molecule has 1 saturated heterocycles. The van der Waals surface area contributed by atoms with Gasteiger partial charge >= 0.3 is 6.03 Å². The number of aromatic nitrogens is 1. The molecule has 2 heterocycles. The minimum Gasteiger partial charge on any atom is -0.494 e. The monoisotopic (exact) mass is 397 g/mol. The lowest BCUT2D eigenvalue weighted by molar-refractivity contribution is -0.127. The summed E-state index contributed by atoms with van der Waals surface area (Å²) in [5, 5.41) is 4.50. The molecule has 0 bridgehead atoms. The number of nitrogens with one attached hydrogen (secondary N) is 2. The average Bonchev–Trinajstić information content (AvgIpc) is 3.22. The molecule has 1 aromatic heterocycles. The highest BCUT2D eigenvalue weighted by Crippen LogP contribution is 2.21. The molecule has 0 unspecified atom stereocenters. The Kier molecular flexibility index (Phi) is 5.21. The molecule has 1 atom stereocenters. The van der Waals surface area contributed by atoms with Crippen LogP contribution in [0.15, 0.2) is 54.7 Å². The van der Waals surface area contributed by atoms with Gasteiger partial charge in [-0.05, 0) is 42.3 Å². The fraction of sp³-hybridized carbons (Fsp3) is 0.238. The van der Waals surface area contributed by atoms with Crippen LogP contribution in [-0.2, 0) is 11.2 Å². The van der Waals surface area contributed by atoms with E-state index in [1.165, 1.54) is 4.90 Å². The Bertz CT molecular complexity index is 1000. The minimum absolute atomic E-state index is 0.193. The van der Waals surface area contributed by atoms with Crippen LogP contribution in [0.25, 0.3) is 10.9 Å². The van der Waals surface area contributed by atoms with Gasteiger partial charge in [0.15, 0.2) is 0 Å². The minimum atomic E-state index is -0.538. The van der Waals surface area contributed by atoms with Gasteiger partial charge in [-0.3, -0.25) is 9.69 Å². The maximum Gasteiger partial charge on any atom is 0.324 e. The molecular weight excluding hydrogens is 378 g/mol. The van der Waals surface area contributed by atoms with Crippen molar-refractivity contribution in [2.24, 2.45) is 0 Å². The van der Waals surface area contributed by atoms with E-state index < -0.39 is 6.04 Å². The molecule has 3 amide bonds. The Morgan fingerprint density at radius 3 is 2.68 bits per heavy atom. The normalized spacial score (nSPS) is 16.6. The second kappa shape index (κ2) is 7.94. The first-order valence-electron chi connectivity index (χ1n) is 9.17. The predicted octanol–water partition coefficient (Wildman–Crippen LogP) is 3.75. The zero-order chi connectivity index (χ0) is 19.5. The van der Waals surface area contributed by atoms with Crippen LogP contribution in [0.1, 0.15) is 12.0 Å². The number of urea groups is 1. The number of hydrogen-bond acceptors (Lipinski definition) is 3. The Hall–Kier alpha value is -2.99. The molecule has 0 spiro atoms. The van der Waals surface area contributed by atoms with E-state index in [2.05, 4.69) is 10.3 Å². The van der Waals surface area contributed by atoms with Gasteiger partial charge in [-0.1, -0.05) is 29.8 Å². The number of halogens is 1. The summed E-state index contributed by atoms with van der Waals surface area (Å²) in [6.07, 6.45) is 2.92. The van der Waals surface area contributed by atoms with Gasteiger partial charge in [0, 0.05) is 35.1 Å². The average molecular weight is 398 g/mol. The molecular formula is C21H20ClN3O3. The molecule has 1 fully saturated rings. The highest BCUT2D eigenvalue weighted by molar-refractivity contribution is 6.30. The molecule has 0 saturated carbocycles. The van der Waals surface area contributed by atoms with Crippen molar-refractivity contribution in [1.82, 2.24) is 15.2 Å². The van der Waals surface area contributed by atoms with Crippen LogP contribution in [-0.4, -0.2) is 41.0 Å². The van der Waals surface area contributed by atoms with Gasteiger partial charge in [0.05, 0.1) is 6.61 Å². The van der Waals surface area contributed by atoms with Gasteiger partial charge in [0.25, 0.3) is 5.91 Å². The van der Waals surface area contributed by atoms with Crippen LogP contribution < -0.4 is 10.1 Å². The number of aromatic amines is 1. The molecule has 0 aliphatic carbocycles. The standard InChI is InChI=1S/C21H20ClN3O3/c22-15-6-8-16(9-7-15)28-11-3-10-25-20(26)19(24-21(25)27)12-14-13-23-18-5-2-1-4-17(14)18/h1-2,4-9,13,19,23H,3,10-12H2,(H,24,27)/t19-/m0/s1. The SMILES string of the molecule is O=C1N[C@@H](Cc2c[nH]c3ccccc23)C(=O)N1CCCOc1ccc(Cl)cc1. The Morgan fingerprint density at radius 2 is 1.86 bits per heavy atom. The van der Waals surface area contributed by atoms with Gasteiger partial charge in [-0.2, -0.15) is 0 Å². The van der Waals surface area contributed by atoms with Crippen molar-refractivity contribution in [3.05, 3.63) is 65.3 Å². The van der Waals surface area contributed by atoms with Crippen molar-refractivity contribution < 1.29 is 14.3 Å². The number of H-pyrrole nitrogens is 1. The summed E-state index contributed by atoms with van der Waals surface area (Å²) in [4.78, 5) is 29.3. The van der Waals surface area contributed by atoms with E-state index in [0.717, 1.165) is 16.5 Å². The highest BCUT2D eigenvalue weighted by Gasteiger charge is 2.37. The molecule has 1 aliphatic heterocycles. The lowest BCUT2D eigenvalue weighted by Gasteiger charge is -2.13. The molecule has 6 nitrogen and oxygen atoms in total. The maximum absolute atomic E-state index is 12.7. The summed E-state index contributed by atoms with van der Waals surface area (Å²) in [5.74, 6) is 0.514. The van der Waals surface area contributed by atoms with E-state index >= 15 is 0 Å². The number of para-hydroxylation sites is 1. The van der Waals surface area contributed by atoms with E-state index in [1.807, 2.05) is 30.5 Å². The van der Waals surface area contributed by atoms with Crippen LogP contribution >= 0.6 is 11.6 Å². The number of benzene rings is 2. The molecule has 0 radical (unpaired) electrons. The summed E-state index contributed by atoms with van der Waals surface area (Å²) >= 11 is 5.84.